The lowest BCUT2D eigenvalue weighted by atomic mass is 10.1. The number of unbranched alkanes of at least 4 members (excludes halogenated alkanes) is 9. The zero-order valence-electron chi connectivity index (χ0n) is 16.1. The highest BCUT2D eigenvalue weighted by atomic mass is 31.2. The Morgan fingerprint density at radius 2 is 1.17 bits per heavy atom. The highest BCUT2D eigenvalue weighted by Gasteiger charge is 2.10. The van der Waals surface area contributed by atoms with Gasteiger partial charge in [0.15, 0.2) is 0 Å². The standard InChI is InChI=1S/C15H34N.C2H7O4P/c1-5-6-7-8-9-10-11-12-13-14-15-16(2,3)4;1-2-6-7(3,4)5/h5-15H2,1-4H3;2H2,1H3,(H2,3,4,5)/q+1;. The molecule has 0 aromatic carbocycles. The molecule has 0 heterocycles. The molecule has 0 amide bonds. The van der Waals surface area contributed by atoms with E-state index in [1.807, 2.05) is 0 Å². The Morgan fingerprint density at radius 1 is 0.783 bits per heavy atom. The van der Waals surface area contributed by atoms with Gasteiger partial charge < -0.3 is 14.3 Å². The minimum Gasteiger partial charge on any atom is -0.331 e. The summed E-state index contributed by atoms with van der Waals surface area (Å²) in [6, 6.07) is 0. The number of rotatable bonds is 13. The first-order valence-corrected chi connectivity index (χ1v) is 10.7. The van der Waals surface area contributed by atoms with Gasteiger partial charge in [0, 0.05) is 0 Å². The molecule has 0 aromatic rings. The van der Waals surface area contributed by atoms with E-state index in [0.29, 0.717) is 0 Å². The molecule has 0 aliphatic carbocycles. The Kier molecular flexibility index (Phi) is 17.2. The Labute approximate surface area is 144 Å². The third-order valence-electron chi connectivity index (χ3n) is 3.48. The largest absolute Gasteiger partial charge is 0.469 e. The van der Waals surface area contributed by atoms with E-state index in [4.69, 9.17) is 9.79 Å². The molecule has 0 spiro atoms. The predicted molar refractivity (Wildman–Crippen MR) is 98.4 cm³/mol. The summed E-state index contributed by atoms with van der Waals surface area (Å²) in [6.07, 6.45) is 14.4. The maximum Gasteiger partial charge on any atom is 0.469 e. The van der Waals surface area contributed by atoms with Crippen molar-refractivity contribution >= 4 is 7.82 Å². The van der Waals surface area contributed by atoms with Crippen LogP contribution in [0.3, 0.4) is 0 Å². The third kappa shape index (κ3) is 30.5. The SMILES string of the molecule is CCCCCCCCCCCC[N+](C)(C)C.CCOP(=O)(O)O. The second kappa shape index (κ2) is 15.6. The molecule has 0 aliphatic rings. The highest BCUT2D eigenvalue weighted by molar-refractivity contribution is 7.46. The minimum atomic E-state index is -4.17. The number of phosphoric ester groups is 1. The van der Waals surface area contributed by atoms with E-state index in [2.05, 4.69) is 32.6 Å². The van der Waals surface area contributed by atoms with Crippen molar-refractivity contribution in [3.05, 3.63) is 0 Å². The van der Waals surface area contributed by atoms with Crippen molar-refractivity contribution in [2.75, 3.05) is 34.3 Å². The minimum absolute atomic E-state index is 0.0459. The summed E-state index contributed by atoms with van der Waals surface area (Å²) < 4.78 is 14.7. The van der Waals surface area contributed by atoms with Crippen LogP contribution in [-0.4, -0.2) is 48.6 Å². The first-order valence-electron chi connectivity index (χ1n) is 9.13. The lowest BCUT2D eigenvalue weighted by molar-refractivity contribution is -0.870. The van der Waals surface area contributed by atoms with Crippen molar-refractivity contribution in [3.63, 3.8) is 0 Å². The van der Waals surface area contributed by atoms with E-state index in [1.54, 1.807) is 0 Å². The third-order valence-corrected chi connectivity index (χ3v) is 4.07. The molecule has 0 aromatic heterocycles. The summed E-state index contributed by atoms with van der Waals surface area (Å²) in [5.41, 5.74) is 0. The van der Waals surface area contributed by atoms with E-state index in [1.165, 1.54) is 77.7 Å². The lowest BCUT2D eigenvalue weighted by Crippen LogP contribution is -2.35. The molecule has 0 fully saturated rings. The molecule has 5 nitrogen and oxygen atoms in total. The number of hydrogen-bond acceptors (Lipinski definition) is 2. The van der Waals surface area contributed by atoms with E-state index < -0.39 is 7.82 Å². The van der Waals surface area contributed by atoms with E-state index >= 15 is 0 Å². The molecular weight excluding hydrogens is 313 g/mol. The molecule has 0 saturated heterocycles. The monoisotopic (exact) mass is 354 g/mol. The van der Waals surface area contributed by atoms with Gasteiger partial charge in [0.2, 0.25) is 0 Å². The van der Waals surface area contributed by atoms with Gasteiger partial charge in [-0.2, -0.15) is 0 Å². The molecule has 0 aliphatic heterocycles. The van der Waals surface area contributed by atoms with Gasteiger partial charge in [-0.25, -0.2) is 4.57 Å². The Balaban J connectivity index is 0. The van der Waals surface area contributed by atoms with Gasteiger partial charge in [0.1, 0.15) is 0 Å². The summed E-state index contributed by atoms with van der Waals surface area (Å²) in [5, 5.41) is 0. The van der Waals surface area contributed by atoms with Crippen LogP contribution in [0.1, 0.15) is 78.1 Å². The van der Waals surface area contributed by atoms with Crippen LogP contribution in [0.5, 0.6) is 0 Å². The predicted octanol–water partition coefficient (Wildman–Crippen LogP) is 4.73. The Morgan fingerprint density at radius 3 is 1.43 bits per heavy atom. The molecule has 0 unspecified atom stereocenters. The van der Waals surface area contributed by atoms with E-state index in [0.717, 1.165) is 4.48 Å². The van der Waals surface area contributed by atoms with Gasteiger partial charge in [-0.05, 0) is 19.8 Å². The second-order valence-corrected chi connectivity index (χ2v) is 8.34. The topological polar surface area (TPSA) is 66.8 Å². The fraction of sp³-hybridized carbons (Fsp3) is 1.00. The molecule has 2 N–H and O–H groups in total. The van der Waals surface area contributed by atoms with Gasteiger partial charge in [0.05, 0.1) is 34.3 Å². The quantitative estimate of drug-likeness (QED) is 0.285. The van der Waals surface area contributed by atoms with E-state index in [9.17, 15) is 4.57 Å². The molecule has 23 heavy (non-hydrogen) atoms. The van der Waals surface area contributed by atoms with Crippen molar-refractivity contribution in [2.24, 2.45) is 0 Å². The zero-order valence-corrected chi connectivity index (χ0v) is 17.0. The van der Waals surface area contributed by atoms with Gasteiger partial charge in [-0.3, -0.25) is 4.52 Å². The molecule has 0 rings (SSSR count). The van der Waals surface area contributed by atoms with Crippen molar-refractivity contribution in [3.8, 4) is 0 Å². The van der Waals surface area contributed by atoms with Gasteiger partial charge in [-0.1, -0.05) is 58.3 Å². The van der Waals surface area contributed by atoms with Crippen LogP contribution in [0, 0.1) is 0 Å². The highest BCUT2D eigenvalue weighted by Crippen LogP contribution is 2.34. The van der Waals surface area contributed by atoms with Crippen LogP contribution in [0.25, 0.3) is 0 Å². The lowest BCUT2D eigenvalue weighted by Gasteiger charge is -2.23. The van der Waals surface area contributed by atoms with Crippen molar-refractivity contribution < 1.29 is 23.4 Å². The maximum absolute atomic E-state index is 9.70. The first kappa shape index (κ1) is 25.3. The Hall–Kier alpha value is 0.0700. The van der Waals surface area contributed by atoms with Crippen LogP contribution >= 0.6 is 7.82 Å². The van der Waals surface area contributed by atoms with Crippen LogP contribution in [-0.2, 0) is 9.09 Å². The fourth-order valence-electron chi connectivity index (χ4n) is 2.24. The van der Waals surface area contributed by atoms with Crippen molar-refractivity contribution in [1.82, 2.24) is 0 Å². The van der Waals surface area contributed by atoms with E-state index in [-0.39, 0.29) is 6.61 Å². The Bertz CT molecular complexity index is 287. The summed E-state index contributed by atoms with van der Waals surface area (Å²) >= 11 is 0. The van der Waals surface area contributed by atoms with Gasteiger partial charge >= 0.3 is 7.82 Å². The van der Waals surface area contributed by atoms with Crippen molar-refractivity contribution in [2.45, 2.75) is 78.1 Å². The summed E-state index contributed by atoms with van der Waals surface area (Å²) in [6.45, 7) is 5.17. The summed E-state index contributed by atoms with van der Waals surface area (Å²) in [5.74, 6) is 0. The number of phosphoric acid groups is 1. The molecular formula is C17H41NO4P+. The molecule has 6 heteroatoms. The number of nitrogens with zero attached hydrogens (tertiary/aromatic N) is 1. The van der Waals surface area contributed by atoms with Crippen LogP contribution < -0.4 is 0 Å². The maximum atomic E-state index is 9.70. The smallest absolute Gasteiger partial charge is 0.331 e. The van der Waals surface area contributed by atoms with Crippen molar-refractivity contribution in [1.29, 1.82) is 0 Å². The summed E-state index contributed by atoms with van der Waals surface area (Å²) in [7, 11) is 2.69. The summed E-state index contributed by atoms with van der Waals surface area (Å²) in [4.78, 5) is 15.8. The fourth-order valence-corrected chi connectivity index (χ4v) is 2.58. The molecule has 0 atom stereocenters. The molecule has 0 bridgehead atoms. The van der Waals surface area contributed by atoms with Crippen LogP contribution in [0.2, 0.25) is 0 Å². The van der Waals surface area contributed by atoms with Gasteiger partial charge in [0.25, 0.3) is 0 Å². The average Bonchev–Trinajstić information content (AvgIpc) is 2.39. The molecule has 142 valence electrons. The van der Waals surface area contributed by atoms with Gasteiger partial charge in [-0.15, -0.1) is 0 Å². The number of hydrogen-bond donors (Lipinski definition) is 2. The van der Waals surface area contributed by atoms with Crippen LogP contribution in [0.4, 0.5) is 0 Å². The zero-order chi connectivity index (χ0) is 18.2. The molecule has 0 saturated carbocycles. The normalized spacial score (nSPS) is 12.0. The van der Waals surface area contributed by atoms with Crippen LogP contribution in [0.15, 0.2) is 0 Å². The average molecular weight is 354 g/mol. The number of quaternary nitrogens is 1. The second-order valence-electron chi connectivity index (χ2n) is 7.10. The molecule has 0 radical (unpaired) electrons. The first-order chi connectivity index (χ1) is 10.6.